The highest BCUT2D eigenvalue weighted by Gasteiger charge is 2.20. The summed E-state index contributed by atoms with van der Waals surface area (Å²) in [6.45, 7) is 13.5. The summed E-state index contributed by atoms with van der Waals surface area (Å²) in [7, 11) is -3.40. The summed E-state index contributed by atoms with van der Waals surface area (Å²) >= 11 is 1.54. The van der Waals surface area contributed by atoms with Crippen molar-refractivity contribution in [3.8, 4) is 0 Å². The SMILES string of the molecule is Cc1sc(CNC(C)C)cc1S(=O)(=O)NCCC(C)(C)C. The number of rotatable bonds is 7. The molecule has 4 nitrogen and oxygen atoms in total. The zero-order chi connectivity index (χ0) is 16.3. The van der Waals surface area contributed by atoms with Crippen molar-refractivity contribution < 1.29 is 8.42 Å². The monoisotopic (exact) mass is 332 g/mol. The highest BCUT2D eigenvalue weighted by atomic mass is 32.2. The van der Waals surface area contributed by atoms with Gasteiger partial charge in [-0.3, -0.25) is 0 Å². The van der Waals surface area contributed by atoms with E-state index in [0.717, 1.165) is 16.2 Å². The Morgan fingerprint density at radius 2 is 1.90 bits per heavy atom. The van der Waals surface area contributed by atoms with Gasteiger partial charge in [0.1, 0.15) is 0 Å². The van der Waals surface area contributed by atoms with Gasteiger partial charge in [-0.05, 0) is 24.8 Å². The Morgan fingerprint density at radius 1 is 1.29 bits per heavy atom. The lowest BCUT2D eigenvalue weighted by molar-refractivity contribution is 0.378. The third kappa shape index (κ3) is 6.46. The molecular formula is C15H28N2O2S2. The Kier molecular flexibility index (Phi) is 6.40. The Hall–Kier alpha value is -0.430. The maximum absolute atomic E-state index is 12.4. The molecule has 1 rings (SSSR count). The van der Waals surface area contributed by atoms with Crippen LogP contribution >= 0.6 is 11.3 Å². The summed E-state index contributed by atoms with van der Waals surface area (Å²) in [5, 5.41) is 3.31. The zero-order valence-electron chi connectivity index (χ0n) is 13.9. The molecule has 6 heteroatoms. The maximum Gasteiger partial charge on any atom is 0.241 e. The van der Waals surface area contributed by atoms with E-state index in [1.54, 1.807) is 17.4 Å². The van der Waals surface area contributed by atoms with E-state index < -0.39 is 10.0 Å². The van der Waals surface area contributed by atoms with Gasteiger partial charge in [-0.25, -0.2) is 13.1 Å². The van der Waals surface area contributed by atoms with Crippen molar-refractivity contribution in [3.63, 3.8) is 0 Å². The van der Waals surface area contributed by atoms with Crippen molar-refractivity contribution in [2.24, 2.45) is 5.41 Å². The average Bonchev–Trinajstić information content (AvgIpc) is 2.66. The number of aryl methyl sites for hydroxylation is 1. The van der Waals surface area contributed by atoms with E-state index in [-0.39, 0.29) is 5.41 Å². The van der Waals surface area contributed by atoms with Gasteiger partial charge in [0, 0.05) is 28.9 Å². The predicted octanol–water partition coefficient (Wildman–Crippen LogP) is 3.27. The van der Waals surface area contributed by atoms with Crippen molar-refractivity contribution in [3.05, 3.63) is 15.8 Å². The molecule has 0 radical (unpaired) electrons. The fraction of sp³-hybridized carbons (Fsp3) is 0.733. The molecule has 21 heavy (non-hydrogen) atoms. The minimum Gasteiger partial charge on any atom is -0.310 e. The summed E-state index contributed by atoms with van der Waals surface area (Å²) in [4.78, 5) is 2.32. The molecular weight excluding hydrogens is 304 g/mol. The maximum atomic E-state index is 12.4. The Balaban J connectivity index is 2.74. The highest BCUT2D eigenvalue weighted by Crippen LogP contribution is 2.26. The first-order valence-electron chi connectivity index (χ1n) is 7.33. The molecule has 0 spiro atoms. The van der Waals surface area contributed by atoms with Crippen molar-refractivity contribution in [2.75, 3.05) is 6.54 Å². The molecule has 1 aromatic rings. The van der Waals surface area contributed by atoms with Crippen LogP contribution in [0.2, 0.25) is 0 Å². The second-order valence-corrected chi connectivity index (χ2v) is 9.95. The van der Waals surface area contributed by atoms with Crippen LogP contribution in [0.5, 0.6) is 0 Å². The molecule has 1 aromatic heterocycles. The molecule has 0 unspecified atom stereocenters. The van der Waals surface area contributed by atoms with Crippen LogP contribution in [0.15, 0.2) is 11.0 Å². The minimum atomic E-state index is -3.40. The van der Waals surface area contributed by atoms with Crippen LogP contribution in [-0.4, -0.2) is 21.0 Å². The number of hydrogen-bond donors (Lipinski definition) is 2. The summed E-state index contributed by atoms with van der Waals surface area (Å²) in [6.07, 6.45) is 0.817. The quantitative estimate of drug-likeness (QED) is 0.806. The van der Waals surface area contributed by atoms with Gasteiger partial charge in [-0.15, -0.1) is 11.3 Å². The van der Waals surface area contributed by atoms with Crippen LogP contribution in [0, 0.1) is 12.3 Å². The number of nitrogens with one attached hydrogen (secondary N) is 2. The molecule has 0 atom stereocenters. The van der Waals surface area contributed by atoms with Crippen molar-refractivity contribution in [2.45, 2.75) is 65.4 Å². The van der Waals surface area contributed by atoms with Gasteiger partial charge in [0.2, 0.25) is 10.0 Å². The van der Waals surface area contributed by atoms with Crippen molar-refractivity contribution in [1.29, 1.82) is 0 Å². The molecule has 0 bridgehead atoms. The first kappa shape index (κ1) is 18.6. The molecule has 0 saturated carbocycles. The lowest BCUT2D eigenvalue weighted by atomic mass is 9.93. The number of hydrogen-bond acceptors (Lipinski definition) is 4. The van der Waals surface area contributed by atoms with Crippen LogP contribution < -0.4 is 10.0 Å². The molecule has 122 valence electrons. The summed E-state index contributed by atoms with van der Waals surface area (Å²) < 4.78 is 27.4. The van der Waals surface area contributed by atoms with Gasteiger partial charge in [-0.2, -0.15) is 0 Å². The van der Waals surface area contributed by atoms with E-state index in [4.69, 9.17) is 0 Å². The lowest BCUT2D eigenvalue weighted by Crippen LogP contribution is -2.27. The average molecular weight is 333 g/mol. The fourth-order valence-electron chi connectivity index (χ4n) is 1.82. The van der Waals surface area contributed by atoms with Gasteiger partial charge in [-0.1, -0.05) is 34.6 Å². The highest BCUT2D eigenvalue weighted by molar-refractivity contribution is 7.89. The molecule has 0 aliphatic carbocycles. The molecule has 0 fully saturated rings. The van der Waals surface area contributed by atoms with Crippen LogP contribution in [0.1, 0.15) is 50.8 Å². The molecule has 1 heterocycles. The first-order valence-corrected chi connectivity index (χ1v) is 9.63. The van der Waals surface area contributed by atoms with Crippen molar-refractivity contribution >= 4 is 21.4 Å². The smallest absolute Gasteiger partial charge is 0.241 e. The van der Waals surface area contributed by atoms with Crippen LogP contribution in [0.25, 0.3) is 0 Å². The van der Waals surface area contributed by atoms with Crippen LogP contribution in [0.4, 0.5) is 0 Å². The summed E-state index contributed by atoms with van der Waals surface area (Å²) in [5.74, 6) is 0. The van der Waals surface area contributed by atoms with E-state index in [2.05, 4.69) is 44.7 Å². The van der Waals surface area contributed by atoms with Gasteiger partial charge in [0.25, 0.3) is 0 Å². The van der Waals surface area contributed by atoms with Crippen LogP contribution in [-0.2, 0) is 16.6 Å². The Morgan fingerprint density at radius 3 is 2.43 bits per heavy atom. The number of sulfonamides is 1. The van der Waals surface area contributed by atoms with E-state index in [0.29, 0.717) is 24.0 Å². The Bertz CT molecular complexity index is 555. The molecule has 0 saturated heterocycles. The number of thiophene rings is 1. The molecule has 0 amide bonds. The standard InChI is InChI=1S/C15H28N2O2S2/c1-11(2)16-10-13-9-14(12(3)20-13)21(18,19)17-8-7-15(4,5)6/h9,11,16-17H,7-8,10H2,1-6H3. The summed E-state index contributed by atoms with van der Waals surface area (Å²) in [5.41, 5.74) is 0.124. The molecule has 0 aromatic carbocycles. The van der Waals surface area contributed by atoms with Gasteiger partial charge < -0.3 is 5.32 Å². The van der Waals surface area contributed by atoms with E-state index in [9.17, 15) is 8.42 Å². The lowest BCUT2D eigenvalue weighted by Gasteiger charge is -2.18. The summed E-state index contributed by atoms with van der Waals surface area (Å²) in [6, 6.07) is 2.17. The van der Waals surface area contributed by atoms with Crippen molar-refractivity contribution in [1.82, 2.24) is 10.0 Å². The fourth-order valence-corrected chi connectivity index (χ4v) is 4.44. The minimum absolute atomic E-state index is 0.124. The van der Waals surface area contributed by atoms with E-state index in [1.807, 2.05) is 6.92 Å². The van der Waals surface area contributed by atoms with E-state index >= 15 is 0 Å². The van der Waals surface area contributed by atoms with Gasteiger partial charge in [0.05, 0.1) is 4.90 Å². The zero-order valence-corrected chi connectivity index (χ0v) is 15.5. The van der Waals surface area contributed by atoms with E-state index in [1.165, 1.54) is 0 Å². The molecule has 0 aliphatic rings. The molecule has 0 aliphatic heterocycles. The first-order chi connectivity index (χ1) is 9.51. The van der Waals surface area contributed by atoms with Gasteiger partial charge >= 0.3 is 0 Å². The largest absolute Gasteiger partial charge is 0.310 e. The predicted molar refractivity (Wildman–Crippen MR) is 90.3 cm³/mol. The molecule has 2 N–H and O–H groups in total. The van der Waals surface area contributed by atoms with Crippen LogP contribution in [0.3, 0.4) is 0 Å². The Labute approximate surface area is 133 Å². The second kappa shape index (κ2) is 7.22. The third-order valence-corrected chi connectivity index (χ3v) is 5.83. The third-order valence-electron chi connectivity index (χ3n) is 3.06. The van der Waals surface area contributed by atoms with Gasteiger partial charge in [0.15, 0.2) is 0 Å². The topological polar surface area (TPSA) is 58.2 Å². The second-order valence-electron chi connectivity index (χ2n) is 6.88. The normalized spacial score (nSPS) is 13.1.